The molecular weight excluding hydrogens is 410 g/mol. The van der Waals surface area contributed by atoms with Crippen molar-refractivity contribution in [1.82, 2.24) is 9.88 Å². The van der Waals surface area contributed by atoms with E-state index >= 15 is 0 Å². The van der Waals surface area contributed by atoms with E-state index in [2.05, 4.69) is 0 Å². The predicted octanol–water partition coefficient (Wildman–Crippen LogP) is 3.75. The van der Waals surface area contributed by atoms with Gasteiger partial charge in [0.05, 0.1) is 23.9 Å². The second-order valence-electron chi connectivity index (χ2n) is 8.81. The molecule has 0 atom stereocenters. The van der Waals surface area contributed by atoms with Gasteiger partial charge >= 0.3 is 12.1 Å². The van der Waals surface area contributed by atoms with Gasteiger partial charge in [-0.1, -0.05) is 12.1 Å². The zero-order chi connectivity index (χ0) is 23.5. The van der Waals surface area contributed by atoms with Gasteiger partial charge in [-0.15, -0.1) is 0 Å². The first-order valence-corrected chi connectivity index (χ1v) is 10.6. The van der Waals surface area contributed by atoms with Crippen molar-refractivity contribution in [3.8, 4) is 11.3 Å². The van der Waals surface area contributed by atoms with Crippen molar-refractivity contribution in [2.45, 2.75) is 45.1 Å². The second kappa shape index (κ2) is 9.38. The summed E-state index contributed by atoms with van der Waals surface area (Å²) in [5.74, 6) is -0.871. The third-order valence-electron chi connectivity index (χ3n) is 5.33. The van der Waals surface area contributed by atoms with Crippen LogP contribution in [0.25, 0.3) is 11.3 Å². The number of benzene rings is 1. The Morgan fingerprint density at radius 3 is 2.19 bits per heavy atom. The normalized spacial score (nSPS) is 14.7. The minimum atomic E-state index is -0.573. The lowest BCUT2D eigenvalue weighted by Crippen LogP contribution is -2.41. The summed E-state index contributed by atoms with van der Waals surface area (Å²) in [6, 6.07) is 10.2. The zero-order valence-corrected chi connectivity index (χ0v) is 18.9. The Morgan fingerprint density at radius 2 is 1.66 bits per heavy atom. The maximum atomic E-state index is 12.3. The van der Waals surface area contributed by atoms with Crippen LogP contribution < -0.4 is 5.73 Å². The van der Waals surface area contributed by atoms with Gasteiger partial charge in [0.25, 0.3) is 5.91 Å². The van der Waals surface area contributed by atoms with Gasteiger partial charge in [-0.2, -0.15) is 0 Å². The summed E-state index contributed by atoms with van der Waals surface area (Å²) in [6.45, 7) is 6.69. The number of methoxy groups -OCH3 is 1. The first-order chi connectivity index (χ1) is 15.1. The fraction of sp³-hybridized carbons (Fsp3) is 0.417. The molecule has 0 unspecified atom stereocenters. The lowest BCUT2D eigenvalue weighted by Gasteiger charge is -2.33. The van der Waals surface area contributed by atoms with Crippen molar-refractivity contribution in [2.75, 3.05) is 20.2 Å². The Hall–Kier alpha value is -3.42. The number of hydrogen-bond acceptors (Lipinski definition) is 6. The zero-order valence-electron chi connectivity index (χ0n) is 18.9. The van der Waals surface area contributed by atoms with Gasteiger partial charge in [0.1, 0.15) is 5.60 Å². The van der Waals surface area contributed by atoms with Crippen LogP contribution in [0.15, 0.2) is 36.4 Å². The minimum Gasteiger partial charge on any atom is -0.465 e. The van der Waals surface area contributed by atoms with E-state index in [9.17, 15) is 14.4 Å². The summed E-state index contributed by atoms with van der Waals surface area (Å²) < 4.78 is 10.2. The molecule has 8 nitrogen and oxygen atoms in total. The molecule has 1 aromatic carbocycles. The van der Waals surface area contributed by atoms with E-state index in [1.165, 1.54) is 7.11 Å². The van der Waals surface area contributed by atoms with E-state index < -0.39 is 17.5 Å². The van der Waals surface area contributed by atoms with Crippen molar-refractivity contribution in [1.29, 1.82) is 0 Å². The molecule has 2 amide bonds. The van der Waals surface area contributed by atoms with E-state index in [1.54, 1.807) is 35.2 Å². The lowest BCUT2D eigenvalue weighted by molar-refractivity contribution is 0.0203. The van der Waals surface area contributed by atoms with Gasteiger partial charge in [-0.05, 0) is 57.9 Å². The number of likely N-dealkylation sites (tertiary alicyclic amines) is 1. The number of pyridine rings is 1. The van der Waals surface area contributed by atoms with Crippen molar-refractivity contribution in [3.05, 3.63) is 53.2 Å². The SMILES string of the molecule is COC(=O)c1ccc(-c2nc(C3CCN(C(=O)OC(C)(C)C)CC3)ccc2C(N)=O)cc1. The summed E-state index contributed by atoms with van der Waals surface area (Å²) in [7, 11) is 1.32. The third kappa shape index (κ3) is 5.43. The van der Waals surface area contributed by atoms with E-state index in [4.69, 9.17) is 20.2 Å². The van der Waals surface area contributed by atoms with Crippen LogP contribution in [-0.2, 0) is 9.47 Å². The Balaban J connectivity index is 1.80. The van der Waals surface area contributed by atoms with Crippen LogP contribution in [0, 0.1) is 0 Å². The van der Waals surface area contributed by atoms with Gasteiger partial charge in [-0.25, -0.2) is 9.59 Å². The molecule has 32 heavy (non-hydrogen) atoms. The lowest BCUT2D eigenvalue weighted by atomic mass is 9.92. The predicted molar refractivity (Wildman–Crippen MR) is 119 cm³/mol. The maximum Gasteiger partial charge on any atom is 0.410 e. The minimum absolute atomic E-state index is 0.142. The number of rotatable bonds is 4. The quantitative estimate of drug-likeness (QED) is 0.726. The van der Waals surface area contributed by atoms with Gasteiger partial charge in [0, 0.05) is 30.3 Å². The molecule has 2 aromatic rings. The van der Waals surface area contributed by atoms with E-state index in [-0.39, 0.29) is 12.0 Å². The number of nitrogens with zero attached hydrogens (tertiary/aromatic N) is 2. The molecule has 1 fully saturated rings. The molecule has 1 aliphatic rings. The Morgan fingerprint density at radius 1 is 1.03 bits per heavy atom. The molecule has 1 aliphatic heterocycles. The summed E-state index contributed by atoms with van der Waals surface area (Å²) in [5, 5.41) is 0. The standard InChI is InChI=1S/C24H29N3O5/c1-24(2,3)32-23(30)27-13-11-15(12-14-27)19-10-9-18(21(25)28)20(26-19)16-5-7-17(8-6-16)22(29)31-4/h5-10,15H,11-14H2,1-4H3,(H2,25,28). The molecule has 0 spiro atoms. The summed E-state index contributed by atoms with van der Waals surface area (Å²) in [6.07, 6.45) is 1.17. The van der Waals surface area contributed by atoms with Crippen LogP contribution >= 0.6 is 0 Å². The monoisotopic (exact) mass is 439 g/mol. The number of amides is 2. The summed E-state index contributed by atoms with van der Waals surface area (Å²) in [4.78, 5) is 42.5. The number of aromatic nitrogens is 1. The summed E-state index contributed by atoms with van der Waals surface area (Å²) >= 11 is 0. The average molecular weight is 440 g/mol. The van der Waals surface area contributed by atoms with Crippen molar-refractivity contribution < 1.29 is 23.9 Å². The fourth-order valence-electron chi connectivity index (χ4n) is 3.69. The van der Waals surface area contributed by atoms with Gasteiger partial charge in [-0.3, -0.25) is 9.78 Å². The molecule has 8 heteroatoms. The van der Waals surface area contributed by atoms with E-state index in [1.807, 2.05) is 26.8 Å². The highest BCUT2D eigenvalue weighted by atomic mass is 16.6. The smallest absolute Gasteiger partial charge is 0.410 e. The van der Waals surface area contributed by atoms with E-state index in [0.717, 1.165) is 18.5 Å². The first-order valence-electron chi connectivity index (χ1n) is 10.6. The third-order valence-corrected chi connectivity index (χ3v) is 5.33. The topological polar surface area (TPSA) is 112 Å². The van der Waals surface area contributed by atoms with Gasteiger partial charge in [0.2, 0.25) is 0 Å². The number of ether oxygens (including phenoxy) is 2. The van der Waals surface area contributed by atoms with Crippen LogP contribution in [0.5, 0.6) is 0 Å². The highest BCUT2D eigenvalue weighted by Gasteiger charge is 2.28. The molecule has 1 aromatic heterocycles. The van der Waals surface area contributed by atoms with Gasteiger partial charge < -0.3 is 20.1 Å². The molecule has 170 valence electrons. The Kier molecular flexibility index (Phi) is 6.81. The van der Waals surface area contributed by atoms with Crippen molar-refractivity contribution in [3.63, 3.8) is 0 Å². The fourth-order valence-corrected chi connectivity index (χ4v) is 3.69. The molecule has 1 saturated heterocycles. The summed E-state index contributed by atoms with van der Waals surface area (Å²) in [5.41, 5.74) is 7.75. The highest BCUT2D eigenvalue weighted by molar-refractivity contribution is 5.99. The number of hydrogen-bond donors (Lipinski definition) is 1. The molecule has 0 saturated carbocycles. The number of nitrogens with two attached hydrogens (primary N) is 1. The van der Waals surface area contributed by atoms with Crippen LogP contribution in [0.1, 0.15) is 65.9 Å². The number of piperidine rings is 1. The molecule has 2 heterocycles. The first kappa shape index (κ1) is 23.2. The van der Waals surface area contributed by atoms with Crippen molar-refractivity contribution in [2.24, 2.45) is 5.73 Å². The maximum absolute atomic E-state index is 12.3. The van der Waals surface area contributed by atoms with Crippen LogP contribution in [0.4, 0.5) is 4.79 Å². The van der Waals surface area contributed by atoms with Crippen molar-refractivity contribution >= 4 is 18.0 Å². The highest BCUT2D eigenvalue weighted by Crippen LogP contribution is 2.31. The van der Waals surface area contributed by atoms with Gasteiger partial charge in [0.15, 0.2) is 0 Å². The average Bonchev–Trinajstić information content (AvgIpc) is 2.77. The van der Waals surface area contributed by atoms with Crippen LogP contribution in [0.2, 0.25) is 0 Å². The van der Waals surface area contributed by atoms with Crippen LogP contribution in [0.3, 0.4) is 0 Å². The molecule has 2 N–H and O–H groups in total. The second-order valence-corrected chi connectivity index (χ2v) is 8.81. The molecule has 0 radical (unpaired) electrons. The Labute approximate surface area is 187 Å². The number of esters is 1. The van der Waals surface area contributed by atoms with Crippen LogP contribution in [-0.4, -0.2) is 53.7 Å². The molecular formula is C24H29N3O5. The number of primary amides is 1. The molecule has 0 aliphatic carbocycles. The molecule has 3 rings (SSSR count). The molecule has 0 bridgehead atoms. The van der Waals surface area contributed by atoms with E-state index in [0.29, 0.717) is 35.5 Å². The number of carbonyl (C=O) groups is 3. The Bertz CT molecular complexity index is 1000. The largest absolute Gasteiger partial charge is 0.465 e. The number of carbonyl (C=O) groups excluding carboxylic acids is 3.